The van der Waals surface area contributed by atoms with Gasteiger partial charge in [-0.2, -0.15) is 0 Å². The van der Waals surface area contributed by atoms with E-state index >= 15 is 0 Å². The molecule has 5 aliphatic rings. The van der Waals surface area contributed by atoms with E-state index in [1.54, 1.807) is 6.92 Å². The van der Waals surface area contributed by atoms with Crippen LogP contribution in [0.4, 0.5) is 0 Å². The minimum absolute atomic E-state index is 0.0696. The summed E-state index contributed by atoms with van der Waals surface area (Å²) in [4.78, 5) is 61.3. The van der Waals surface area contributed by atoms with E-state index in [1.807, 2.05) is 0 Å². The van der Waals surface area contributed by atoms with Crippen molar-refractivity contribution in [2.45, 2.75) is 163 Å². The molecule has 5 fully saturated rings. The van der Waals surface area contributed by atoms with Crippen LogP contribution in [0, 0.1) is 29.6 Å². The highest BCUT2D eigenvalue weighted by atomic mass is 16.6. The predicted molar refractivity (Wildman–Crippen MR) is 262 cm³/mol. The number of esters is 3. The molecule has 0 bridgehead atoms. The SMILES string of the molecule is CCC1C(C(=O)O)OC(COCC2C(O)C(CO)OC(COCC3C(NC(C)=O)C(COCC4C(CO)OC(COCC5C(CO)OC(COC)C(O)C5OC(C)=O)C(O)C4O)OC(CO)C3OC(C)=O)C2O)C(O)C1OC(C)=O. The lowest BCUT2D eigenvalue weighted by molar-refractivity contribution is -0.249. The van der Waals surface area contributed by atoms with E-state index in [1.165, 1.54) is 14.0 Å². The molecule has 12 N–H and O–H groups in total. The van der Waals surface area contributed by atoms with Crippen molar-refractivity contribution in [3.63, 3.8) is 0 Å². The molecule has 1 amide bonds. The Morgan fingerprint density at radius 2 is 0.812 bits per heavy atom. The van der Waals surface area contributed by atoms with Gasteiger partial charge in [-0.1, -0.05) is 6.92 Å². The first-order chi connectivity index (χ1) is 38.0. The van der Waals surface area contributed by atoms with Gasteiger partial charge in [-0.05, 0) is 6.42 Å². The largest absolute Gasteiger partial charge is 0.479 e. The first-order valence-electron chi connectivity index (χ1n) is 26.7. The molecule has 30 heteroatoms. The lowest BCUT2D eigenvalue weighted by Crippen LogP contribution is -2.64. The topological polar surface area (TPSA) is 440 Å². The van der Waals surface area contributed by atoms with Gasteiger partial charge in [0, 0.05) is 58.5 Å². The van der Waals surface area contributed by atoms with Gasteiger partial charge in [0.05, 0.1) is 128 Å². The molecule has 0 aromatic heterocycles. The van der Waals surface area contributed by atoms with Crippen molar-refractivity contribution in [2.24, 2.45) is 29.6 Å². The van der Waals surface area contributed by atoms with Gasteiger partial charge in [0.15, 0.2) is 6.10 Å². The number of aliphatic carboxylic acids is 1. The molecule has 5 saturated heterocycles. The number of carboxylic acid groups (broad SMARTS) is 1. The Bertz CT molecular complexity index is 1940. The smallest absolute Gasteiger partial charge is 0.333 e. The summed E-state index contributed by atoms with van der Waals surface area (Å²) in [6.07, 6.45) is -24.7. The summed E-state index contributed by atoms with van der Waals surface area (Å²) in [5, 5.41) is 121. The summed E-state index contributed by atoms with van der Waals surface area (Å²) in [5.41, 5.74) is 0. The van der Waals surface area contributed by atoms with Crippen LogP contribution >= 0.6 is 0 Å². The molecule has 462 valence electrons. The van der Waals surface area contributed by atoms with Gasteiger partial charge in [-0.3, -0.25) is 19.2 Å². The van der Waals surface area contributed by atoms with Crippen LogP contribution in [0.3, 0.4) is 0 Å². The fourth-order valence-electron chi connectivity index (χ4n) is 11.2. The third-order valence-electron chi connectivity index (χ3n) is 15.2. The predicted octanol–water partition coefficient (Wildman–Crippen LogP) is -6.45. The molecule has 0 aromatic carbocycles. The van der Waals surface area contributed by atoms with Gasteiger partial charge in [-0.15, -0.1) is 0 Å². The first kappa shape index (κ1) is 67.3. The molecule has 0 radical (unpaired) electrons. The van der Waals surface area contributed by atoms with Crippen LogP contribution in [0.25, 0.3) is 0 Å². The zero-order valence-corrected chi connectivity index (χ0v) is 45.6. The number of carboxylic acids is 1. The first-order valence-corrected chi connectivity index (χ1v) is 26.7. The molecular weight excluding hydrogens is 1080 g/mol. The third kappa shape index (κ3) is 17.1. The maximum absolute atomic E-state index is 12.8. The van der Waals surface area contributed by atoms with Crippen molar-refractivity contribution in [2.75, 3.05) is 93.0 Å². The number of amides is 1. The average molecular weight is 1160 g/mol. The van der Waals surface area contributed by atoms with Crippen LogP contribution in [0.1, 0.15) is 41.0 Å². The number of hydrogen-bond acceptors (Lipinski definition) is 28. The Kier molecular flexibility index (Phi) is 26.9. The van der Waals surface area contributed by atoms with Crippen LogP contribution in [-0.4, -0.2) is 301 Å². The molecule has 0 aromatic rings. The Labute approximate surface area is 461 Å². The number of carbonyl (C=O) groups excluding carboxylic acids is 4. The quantitative estimate of drug-likeness (QED) is 0.0256. The molecule has 5 rings (SSSR count). The number of methoxy groups -OCH3 is 1. The standard InChI is InChI=1S/C50H83NO29/c1-7-25-47(74-23(4)58)45(65)38(80-49(25)50(66)67)20-72-15-29-40(60)32(10-54)78-36(41(29)61)18-71-14-28-39(51-21(2)56)34(79-33(11-55)46(28)73-22(3)57)17-69-12-26-30(8-52)76-37(43(63)42(26)62)19-70-13-27-31(9-53)77-35(16-68-6)44(64)48(27)75-24(5)59/h25-49,52-55,60-65H,7-20H2,1-6H3,(H,51,56)(H,66,67). The van der Waals surface area contributed by atoms with Crippen LogP contribution in [0.15, 0.2) is 0 Å². The summed E-state index contributed by atoms with van der Waals surface area (Å²) in [6, 6.07) is -1.10. The highest BCUT2D eigenvalue weighted by Gasteiger charge is 2.53. The zero-order valence-electron chi connectivity index (χ0n) is 45.6. The van der Waals surface area contributed by atoms with Crippen LogP contribution in [0.2, 0.25) is 0 Å². The average Bonchev–Trinajstić information content (AvgIpc) is 3.40. The number of ether oxygens (including phenoxy) is 13. The summed E-state index contributed by atoms with van der Waals surface area (Å²) in [6.45, 7) is 0.338. The van der Waals surface area contributed by atoms with Gasteiger partial charge in [0.1, 0.15) is 79.4 Å². The molecule has 30 nitrogen and oxygen atoms in total. The molecular formula is C50H83NO29. The second kappa shape index (κ2) is 32.0. The van der Waals surface area contributed by atoms with Crippen LogP contribution < -0.4 is 5.32 Å². The zero-order chi connectivity index (χ0) is 59.1. The number of aliphatic hydroxyl groups excluding tert-OH is 10. The van der Waals surface area contributed by atoms with Crippen molar-refractivity contribution in [3.05, 3.63) is 0 Å². The summed E-state index contributed by atoms with van der Waals surface area (Å²) >= 11 is 0. The second-order valence-electron chi connectivity index (χ2n) is 20.7. The fraction of sp³-hybridized carbons (Fsp3) is 0.900. The second-order valence-corrected chi connectivity index (χ2v) is 20.7. The molecule has 0 spiro atoms. The fourth-order valence-corrected chi connectivity index (χ4v) is 11.2. The highest BCUT2D eigenvalue weighted by Crippen LogP contribution is 2.36. The molecule has 80 heavy (non-hydrogen) atoms. The van der Waals surface area contributed by atoms with E-state index in [2.05, 4.69) is 5.32 Å². The van der Waals surface area contributed by atoms with Crippen molar-refractivity contribution >= 4 is 29.8 Å². The van der Waals surface area contributed by atoms with Gasteiger partial charge in [0.2, 0.25) is 5.91 Å². The molecule has 5 aliphatic heterocycles. The molecule has 0 aliphatic carbocycles. The third-order valence-corrected chi connectivity index (χ3v) is 15.2. The van der Waals surface area contributed by atoms with Gasteiger partial charge in [0.25, 0.3) is 0 Å². The van der Waals surface area contributed by atoms with Crippen molar-refractivity contribution in [1.29, 1.82) is 0 Å². The Hall–Kier alpha value is -3.45. The molecule has 5 heterocycles. The van der Waals surface area contributed by atoms with E-state index in [0.717, 1.165) is 20.8 Å². The maximum atomic E-state index is 12.8. The van der Waals surface area contributed by atoms with Crippen molar-refractivity contribution in [3.8, 4) is 0 Å². The van der Waals surface area contributed by atoms with E-state index in [9.17, 15) is 80.1 Å². The molecule has 25 atom stereocenters. The number of carbonyl (C=O) groups is 5. The maximum Gasteiger partial charge on any atom is 0.333 e. The number of hydrogen-bond donors (Lipinski definition) is 12. The number of nitrogens with one attached hydrogen (secondary N) is 1. The summed E-state index contributed by atoms with van der Waals surface area (Å²) in [7, 11) is 1.38. The normalized spacial score (nSPS) is 40.4. The van der Waals surface area contributed by atoms with E-state index in [4.69, 9.17) is 61.6 Å². The van der Waals surface area contributed by atoms with E-state index in [-0.39, 0.29) is 46.1 Å². The van der Waals surface area contributed by atoms with Crippen LogP contribution in [-0.2, 0) is 85.6 Å². The van der Waals surface area contributed by atoms with Gasteiger partial charge >= 0.3 is 23.9 Å². The summed E-state index contributed by atoms with van der Waals surface area (Å²) in [5.74, 6) is -9.26. The number of aliphatic hydroxyl groups is 10. The lowest BCUT2D eigenvalue weighted by Gasteiger charge is -2.47. The van der Waals surface area contributed by atoms with Crippen molar-refractivity contribution < 1.29 is 142 Å². The highest BCUT2D eigenvalue weighted by molar-refractivity contribution is 5.74. The van der Waals surface area contributed by atoms with Crippen molar-refractivity contribution in [1.82, 2.24) is 5.32 Å². The number of rotatable bonds is 28. The molecule has 0 saturated carbocycles. The minimum atomic E-state index is -1.62. The summed E-state index contributed by atoms with van der Waals surface area (Å²) < 4.78 is 74.5. The van der Waals surface area contributed by atoms with E-state index in [0.29, 0.717) is 0 Å². The minimum Gasteiger partial charge on any atom is -0.479 e. The van der Waals surface area contributed by atoms with Gasteiger partial charge in [-0.25, -0.2) is 4.79 Å². The monoisotopic (exact) mass is 1160 g/mol. The lowest BCUT2D eigenvalue weighted by atomic mass is 9.84. The van der Waals surface area contributed by atoms with Crippen LogP contribution in [0.5, 0.6) is 0 Å². The Morgan fingerprint density at radius 1 is 0.412 bits per heavy atom. The molecule has 25 unspecified atom stereocenters. The Balaban J connectivity index is 1.23. The van der Waals surface area contributed by atoms with Gasteiger partial charge < -0.3 is 123 Å². The Morgan fingerprint density at radius 3 is 1.30 bits per heavy atom. The van der Waals surface area contributed by atoms with E-state index < -0.39 is 228 Å².